The minimum absolute atomic E-state index is 0.269. The lowest BCUT2D eigenvalue weighted by atomic mass is 10.2. The summed E-state index contributed by atoms with van der Waals surface area (Å²) >= 11 is 10.8. The van der Waals surface area contributed by atoms with Crippen molar-refractivity contribution in [2.45, 2.75) is 6.61 Å². The third-order valence-corrected chi connectivity index (χ3v) is 3.14. The zero-order valence-corrected chi connectivity index (χ0v) is 11.5. The summed E-state index contributed by atoms with van der Waals surface area (Å²) in [7, 11) is 0. The first kappa shape index (κ1) is 13.8. The van der Waals surface area contributed by atoms with E-state index in [1.165, 1.54) is 12.1 Å². The monoisotopic (exact) mass is 295 g/mol. The van der Waals surface area contributed by atoms with Gasteiger partial charge in [-0.1, -0.05) is 29.9 Å². The fraction of sp³-hybridized carbons (Fsp3) is 0.0714. The quantitative estimate of drug-likeness (QED) is 0.874. The molecule has 0 heterocycles. The van der Waals surface area contributed by atoms with Crippen molar-refractivity contribution in [3.8, 4) is 5.75 Å². The molecule has 2 N–H and O–H groups in total. The van der Waals surface area contributed by atoms with Crippen molar-refractivity contribution in [2.75, 3.05) is 0 Å². The van der Waals surface area contributed by atoms with Crippen LogP contribution in [0, 0.1) is 5.82 Å². The predicted octanol–water partition coefficient (Wildman–Crippen LogP) is 3.69. The highest BCUT2D eigenvalue weighted by atomic mass is 35.5. The second kappa shape index (κ2) is 5.99. The molecule has 0 aromatic heterocycles. The number of thiocarbonyl (C=S) groups is 1. The van der Waals surface area contributed by atoms with Gasteiger partial charge in [-0.05, 0) is 36.4 Å². The van der Waals surface area contributed by atoms with Gasteiger partial charge in [0.2, 0.25) is 0 Å². The average molecular weight is 296 g/mol. The lowest BCUT2D eigenvalue weighted by Gasteiger charge is -2.08. The maximum Gasteiger partial charge on any atom is 0.124 e. The van der Waals surface area contributed by atoms with Gasteiger partial charge in [-0.2, -0.15) is 0 Å². The second-order valence-corrected chi connectivity index (χ2v) is 4.76. The Morgan fingerprint density at radius 2 is 1.89 bits per heavy atom. The Labute approximate surface area is 120 Å². The van der Waals surface area contributed by atoms with Gasteiger partial charge in [0, 0.05) is 11.1 Å². The minimum Gasteiger partial charge on any atom is -0.489 e. The van der Waals surface area contributed by atoms with Crippen LogP contribution in [0.4, 0.5) is 4.39 Å². The lowest BCUT2D eigenvalue weighted by Crippen LogP contribution is -2.08. The van der Waals surface area contributed by atoms with E-state index < -0.39 is 0 Å². The molecule has 0 amide bonds. The molecule has 0 saturated carbocycles. The molecule has 98 valence electrons. The van der Waals surface area contributed by atoms with Crippen molar-refractivity contribution in [1.29, 1.82) is 0 Å². The van der Waals surface area contributed by atoms with E-state index in [0.29, 0.717) is 15.8 Å². The largest absolute Gasteiger partial charge is 0.489 e. The summed E-state index contributed by atoms with van der Waals surface area (Å²) < 4.78 is 18.4. The van der Waals surface area contributed by atoms with Crippen LogP contribution in [0.15, 0.2) is 42.5 Å². The summed E-state index contributed by atoms with van der Waals surface area (Å²) in [5.41, 5.74) is 7.00. The van der Waals surface area contributed by atoms with Crippen molar-refractivity contribution in [3.05, 3.63) is 64.4 Å². The Morgan fingerprint density at radius 1 is 1.21 bits per heavy atom. The molecular formula is C14H11ClFNOS. The van der Waals surface area contributed by atoms with Gasteiger partial charge in [0.1, 0.15) is 23.2 Å². The smallest absolute Gasteiger partial charge is 0.124 e. The van der Waals surface area contributed by atoms with E-state index in [2.05, 4.69) is 0 Å². The van der Waals surface area contributed by atoms with E-state index in [0.717, 1.165) is 11.1 Å². The summed E-state index contributed by atoms with van der Waals surface area (Å²) in [5.74, 6) is 0.301. The lowest BCUT2D eigenvalue weighted by molar-refractivity contribution is 0.306. The highest BCUT2D eigenvalue weighted by Crippen LogP contribution is 2.20. The molecule has 0 spiro atoms. The summed E-state index contributed by atoms with van der Waals surface area (Å²) in [6, 6.07) is 11.3. The highest BCUT2D eigenvalue weighted by Gasteiger charge is 2.03. The van der Waals surface area contributed by atoms with Crippen LogP contribution in [-0.2, 0) is 6.61 Å². The normalized spacial score (nSPS) is 10.2. The summed E-state index contributed by atoms with van der Waals surface area (Å²) in [4.78, 5) is 0.341. The first-order valence-electron chi connectivity index (χ1n) is 5.53. The number of hydrogen-bond acceptors (Lipinski definition) is 2. The van der Waals surface area contributed by atoms with Crippen LogP contribution >= 0.6 is 23.8 Å². The van der Waals surface area contributed by atoms with Gasteiger partial charge in [-0.15, -0.1) is 0 Å². The number of ether oxygens (including phenoxy) is 1. The van der Waals surface area contributed by atoms with Crippen molar-refractivity contribution < 1.29 is 9.13 Å². The molecule has 0 aliphatic carbocycles. The molecule has 2 aromatic carbocycles. The van der Waals surface area contributed by atoms with Crippen LogP contribution in [0.3, 0.4) is 0 Å². The maximum atomic E-state index is 12.9. The third-order valence-electron chi connectivity index (χ3n) is 2.55. The van der Waals surface area contributed by atoms with Crippen LogP contribution in [0.5, 0.6) is 5.75 Å². The van der Waals surface area contributed by atoms with E-state index in [1.54, 1.807) is 30.3 Å². The van der Waals surface area contributed by atoms with E-state index in [4.69, 9.17) is 34.3 Å². The molecule has 0 saturated heterocycles. The molecule has 0 fully saturated rings. The molecule has 0 atom stereocenters. The first-order chi connectivity index (χ1) is 9.06. The van der Waals surface area contributed by atoms with Crippen LogP contribution in [0.2, 0.25) is 5.02 Å². The zero-order valence-electron chi connectivity index (χ0n) is 9.90. The van der Waals surface area contributed by atoms with Gasteiger partial charge in [0.15, 0.2) is 0 Å². The Kier molecular flexibility index (Phi) is 4.35. The Bertz CT molecular complexity index is 601. The molecule has 0 unspecified atom stereocenters. The predicted molar refractivity (Wildman–Crippen MR) is 78.1 cm³/mol. The Balaban J connectivity index is 2.04. The molecule has 0 aliphatic rings. The van der Waals surface area contributed by atoms with Gasteiger partial charge >= 0.3 is 0 Å². The first-order valence-corrected chi connectivity index (χ1v) is 6.31. The fourth-order valence-corrected chi connectivity index (χ4v) is 1.87. The van der Waals surface area contributed by atoms with Crippen molar-refractivity contribution in [1.82, 2.24) is 0 Å². The highest BCUT2D eigenvalue weighted by molar-refractivity contribution is 7.80. The topological polar surface area (TPSA) is 35.2 Å². The molecule has 0 bridgehead atoms. The van der Waals surface area contributed by atoms with Crippen molar-refractivity contribution >= 4 is 28.8 Å². The zero-order chi connectivity index (χ0) is 13.8. The minimum atomic E-state index is -0.366. The fourth-order valence-electron chi connectivity index (χ4n) is 1.52. The average Bonchev–Trinajstić information content (AvgIpc) is 2.38. The molecular weight excluding hydrogens is 285 g/mol. The van der Waals surface area contributed by atoms with Gasteiger partial charge in [0.05, 0.1) is 5.02 Å². The molecule has 5 heteroatoms. The van der Waals surface area contributed by atoms with E-state index in [9.17, 15) is 4.39 Å². The Hall–Kier alpha value is -1.65. The van der Waals surface area contributed by atoms with Gasteiger partial charge in [-0.3, -0.25) is 0 Å². The molecule has 0 radical (unpaired) electrons. The SMILES string of the molecule is NC(=S)c1ccc(OCc2ccc(F)cc2Cl)cc1. The van der Waals surface area contributed by atoms with E-state index in [1.807, 2.05) is 0 Å². The third kappa shape index (κ3) is 3.66. The van der Waals surface area contributed by atoms with Crippen LogP contribution in [-0.4, -0.2) is 4.99 Å². The van der Waals surface area contributed by atoms with Gasteiger partial charge in [-0.25, -0.2) is 4.39 Å². The van der Waals surface area contributed by atoms with Gasteiger partial charge in [0.25, 0.3) is 0 Å². The molecule has 2 aromatic rings. The standard InChI is InChI=1S/C14H11ClFNOS/c15-13-7-11(16)4-1-10(13)8-18-12-5-2-9(3-6-12)14(17)19/h1-7H,8H2,(H2,17,19). The van der Waals surface area contributed by atoms with Crippen LogP contribution < -0.4 is 10.5 Å². The molecule has 2 rings (SSSR count). The maximum absolute atomic E-state index is 12.9. The Morgan fingerprint density at radius 3 is 2.47 bits per heavy atom. The number of rotatable bonds is 4. The number of halogens is 2. The summed E-state index contributed by atoms with van der Waals surface area (Å²) in [6.45, 7) is 0.269. The molecule has 0 aliphatic heterocycles. The molecule has 19 heavy (non-hydrogen) atoms. The van der Waals surface area contributed by atoms with E-state index in [-0.39, 0.29) is 12.4 Å². The molecule has 2 nitrogen and oxygen atoms in total. The summed E-state index contributed by atoms with van der Waals surface area (Å²) in [5, 5.41) is 0.347. The van der Waals surface area contributed by atoms with Crippen LogP contribution in [0.1, 0.15) is 11.1 Å². The number of hydrogen-bond donors (Lipinski definition) is 1. The van der Waals surface area contributed by atoms with E-state index >= 15 is 0 Å². The van der Waals surface area contributed by atoms with Gasteiger partial charge < -0.3 is 10.5 Å². The number of benzene rings is 2. The second-order valence-electron chi connectivity index (χ2n) is 3.91. The van der Waals surface area contributed by atoms with Crippen molar-refractivity contribution in [3.63, 3.8) is 0 Å². The van der Waals surface area contributed by atoms with Crippen molar-refractivity contribution in [2.24, 2.45) is 5.73 Å². The van der Waals surface area contributed by atoms with Crippen LogP contribution in [0.25, 0.3) is 0 Å². The summed E-state index contributed by atoms with van der Waals surface area (Å²) in [6.07, 6.45) is 0. The number of nitrogens with two attached hydrogens (primary N) is 1.